The smallest absolute Gasteiger partial charge is 0.159 e. The lowest BCUT2D eigenvalue weighted by Crippen LogP contribution is -2.17. The summed E-state index contributed by atoms with van der Waals surface area (Å²) in [6, 6.07) is 3.85. The van der Waals surface area contributed by atoms with E-state index >= 15 is 0 Å². The van der Waals surface area contributed by atoms with Crippen LogP contribution in [-0.2, 0) is 4.74 Å². The molecule has 2 nitrogen and oxygen atoms in total. The molecule has 1 aliphatic heterocycles. The summed E-state index contributed by atoms with van der Waals surface area (Å²) in [5.41, 5.74) is 0.667. The molecule has 1 aliphatic rings. The van der Waals surface area contributed by atoms with Gasteiger partial charge in [-0.1, -0.05) is 6.07 Å². The molecule has 0 spiro atoms. The van der Waals surface area contributed by atoms with Crippen molar-refractivity contribution in [3.63, 3.8) is 0 Å². The molecule has 2 rings (SSSR count). The summed E-state index contributed by atoms with van der Waals surface area (Å²) in [6.45, 7) is 2.51. The molecule has 1 N–H and O–H groups in total. The molecule has 0 amide bonds. The lowest BCUT2D eigenvalue weighted by molar-refractivity contribution is 0.0527. The Balaban J connectivity index is 2.20. The number of halogens is 2. The zero-order valence-electron chi connectivity index (χ0n) is 7.76. The SMILES string of the molecule is CC1NCC(c2ccc(F)c(F)c2)O1. The average Bonchev–Trinajstić information content (AvgIpc) is 2.57. The van der Waals surface area contributed by atoms with Gasteiger partial charge in [0.1, 0.15) is 6.23 Å². The third kappa shape index (κ3) is 1.76. The van der Waals surface area contributed by atoms with E-state index in [1.54, 1.807) is 6.07 Å². The molecule has 0 bridgehead atoms. The van der Waals surface area contributed by atoms with E-state index in [-0.39, 0.29) is 12.3 Å². The number of benzene rings is 1. The second kappa shape index (κ2) is 3.63. The predicted octanol–water partition coefficient (Wildman–Crippen LogP) is 1.97. The maximum atomic E-state index is 12.9. The topological polar surface area (TPSA) is 21.3 Å². The van der Waals surface area contributed by atoms with Crippen molar-refractivity contribution in [3.05, 3.63) is 35.4 Å². The lowest BCUT2D eigenvalue weighted by atomic mass is 10.1. The van der Waals surface area contributed by atoms with E-state index in [9.17, 15) is 8.78 Å². The van der Waals surface area contributed by atoms with Gasteiger partial charge in [-0.2, -0.15) is 0 Å². The minimum absolute atomic E-state index is 0.0342. The van der Waals surface area contributed by atoms with Crippen LogP contribution in [0.25, 0.3) is 0 Å². The molecule has 2 unspecified atom stereocenters. The Morgan fingerprint density at radius 1 is 1.36 bits per heavy atom. The van der Waals surface area contributed by atoms with E-state index in [1.165, 1.54) is 6.07 Å². The quantitative estimate of drug-likeness (QED) is 0.746. The zero-order chi connectivity index (χ0) is 10.1. The monoisotopic (exact) mass is 199 g/mol. The molecule has 0 aliphatic carbocycles. The number of ether oxygens (including phenoxy) is 1. The second-order valence-corrected chi connectivity index (χ2v) is 3.35. The van der Waals surface area contributed by atoms with Crippen molar-refractivity contribution in [2.45, 2.75) is 19.3 Å². The molecule has 1 aromatic carbocycles. The zero-order valence-corrected chi connectivity index (χ0v) is 7.76. The van der Waals surface area contributed by atoms with Crippen LogP contribution in [0.4, 0.5) is 8.78 Å². The molecule has 0 saturated carbocycles. The van der Waals surface area contributed by atoms with Gasteiger partial charge in [-0.15, -0.1) is 0 Å². The third-order valence-electron chi connectivity index (χ3n) is 2.27. The first-order valence-corrected chi connectivity index (χ1v) is 4.50. The highest BCUT2D eigenvalue weighted by Gasteiger charge is 2.23. The summed E-state index contributed by atoms with van der Waals surface area (Å²) in [6.07, 6.45) is -0.215. The molecule has 0 aromatic heterocycles. The normalized spacial score (nSPS) is 26.8. The Bertz CT molecular complexity index is 343. The Morgan fingerprint density at radius 2 is 2.14 bits per heavy atom. The number of nitrogens with one attached hydrogen (secondary N) is 1. The van der Waals surface area contributed by atoms with Gasteiger partial charge in [0, 0.05) is 6.54 Å². The summed E-state index contributed by atoms with van der Waals surface area (Å²) in [5, 5.41) is 3.06. The summed E-state index contributed by atoms with van der Waals surface area (Å²) in [5.74, 6) is -1.65. The van der Waals surface area contributed by atoms with Crippen LogP contribution >= 0.6 is 0 Å². The first-order chi connectivity index (χ1) is 6.66. The minimum Gasteiger partial charge on any atom is -0.354 e. The fourth-order valence-corrected chi connectivity index (χ4v) is 1.52. The summed E-state index contributed by atoms with van der Waals surface area (Å²) >= 11 is 0. The van der Waals surface area contributed by atoms with Gasteiger partial charge in [0.25, 0.3) is 0 Å². The van der Waals surface area contributed by atoms with Gasteiger partial charge < -0.3 is 4.74 Å². The van der Waals surface area contributed by atoms with Crippen LogP contribution in [0, 0.1) is 11.6 Å². The standard InChI is InChI=1S/C10H11F2NO/c1-6-13-5-10(14-6)7-2-3-8(11)9(12)4-7/h2-4,6,10,13H,5H2,1H3. The van der Waals surface area contributed by atoms with Gasteiger partial charge in [-0.25, -0.2) is 8.78 Å². The maximum absolute atomic E-state index is 12.9. The van der Waals surface area contributed by atoms with Crippen molar-refractivity contribution in [2.75, 3.05) is 6.54 Å². The highest BCUT2D eigenvalue weighted by molar-refractivity contribution is 5.21. The van der Waals surface area contributed by atoms with Crippen molar-refractivity contribution in [2.24, 2.45) is 0 Å². The lowest BCUT2D eigenvalue weighted by Gasteiger charge is -2.09. The Labute approximate surface area is 80.9 Å². The molecule has 76 valence electrons. The van der Waals surface area contributed by atoms with E-state index in [0.717, 1.165) is 6.07 Å². The van der Waals surface area contributed by atoms with Gasteiger partial charge in [-0.05, 0) is 24.6 Å². The highest BCUT2D eigenvalue weighted by atomic mass is 19.2. The van der Waals surface area contributed by atoms with E-state index in [4.69, 9.17) is 4.74 Å². The highest BCUT2D eigenvalue weighted by Crippen LogP contribution is 2.23. The third-order valence-corrected chi connectivity index (χ3v) is 2.27. The second-order valence-electron chi connectivity index (χ2n) is 3.35. The van der Waals surface area contributed by atoms with Gasteiger partial charge in [0.15, 0.2) is 11.6 Å². The molecule has 2 atom stereocenters. The fourth-order valence-electron chi connectivity index (χ4n) is 1.52. The van der Waals surface area contributed by atoms with Crippen LogP contribution in [0.1, 0.15) is 18.6 Å². The van der Waals surface area contributed by atoms with Crippen molar-refractivity contribution in [3.8, 4) is 0 Å². The van der Waals surface area contributed by atoms with Gasteiger partial charge in [-0.3, -0.25) is 5.32 Å². The van der Waals surface area contributed by atoms with Crippen LogP contribution in [0.15, 0.2) is 18.2 Å². The van der Waals surface area contributed by atoms with Crippen molar-refractivity contribution >= 4 is 0 Å². The van der Waals surface area contributed by atoms with Gasteiger partial charge >= 0.3 is 0 Å². The Hall–Kier alpha value is -1.00. The van der Waals surface area contributed by atoms with E-state index in [2.05, 4.69) is 5.32 Å². The van der Waals surface area contributed by atoms with Crippen LogP contribution < -0.4 is 5.32 Å². The van der Waals surface area contributed by atoms with Crippen molar-refractivity contribution in [1.29, 1.82) is 0 Å². The molecule has 0 radical (unpaired) electrons. The van der Waals surface area contributed by atoms with E-state index in [1.807, 2.05) is 6.92 Å². The van der Waals surface area contributed by atoms with Crippen LogP contribution in [0.3, 0.4) is 0 Å². The summed E-state index contributed by atoms with van der Waals surface area (Å²) in [4.78, 5) is 0. The van der Waals surface area contributed by atoms with Crippen LogP contribution in [-0.4, -0.2) is 12.8 Å². The fraction of sp³-hybridized carbons (Fsp3) is 0.400. The molecular weight excluding hydrogens is 188 g/mol. The first-order valence-electron chi connectivity index (χ1n) is 4.50. The number of hydrogen-bond donors (Lipinski definition) is 1. The number of hydrogen-bond acceptors (Lipinski definition) is 2. The molecule has 1 heterocycles. The molecule has 14 heavy (non-hydrogen) atoms. The molecule has 4 heteroatoms. The Kier molecular flexibility index (Phi) is 2.48. The largest absolute Gasteiger partial charge is 0.354 e. The maximum Gasteiger partial charge on any atom is 0.159 e. The minimum atomic E-state index is -0.828. The molecular formula is C10H11F2NO. The van der Waals surface area contributed by atoms with E-state index in [0.29, 0.717) is 12.1 Å². The molecule has 1 aromatic rings. The first kappa shape index (κ1) is 9.55. The number of rotatable bonds is 1. The van der Waals surface area contributed by atoms with Gasteiger partial charge in [0.2, 0.25) is 0 Å². The van der Waals surface area contributed by atoms with Gasteiger partial charge in [0.05, 0.1) is 6.10 Å². The van der Waals surface area contributed by atoms with Crippen LogP contribution in [0.2, 0.25) is 0 Å². The molecule has 1 saturated heterocycles. The summed E-state index contributed by atoms with van der Waals surface area (Å²) < 4.78 is 31.0. The molecule has 1 fully saturated rings. The van der Waals surface area contributed by atoms with Crippen LogP contribution in [0.5, 0.6) is 0 Å². The predicted molar refractivity (Wildman–Crippen MR) is 47.6 cm³/mol. The average molecular weight is 199 g/mol. The van der Waals surface area contributed by atoms with E-state index < -0.39 is 11.6 Å². The Morgan fingerprint density at radius 3 is 2.71 bits per heavy atom. The summed E-state index contributed by atoms with van der Waals surface area (Å²) in [7, 11) is 0. The van der Waals surface area contributed by atoms with Crippen molar-refractivity contribution in [1.82, 2.24) is 5.32 Å². The van der Waals surface area contributed by atoms with Crippen molar-refractivity contribution < 1.29 is 13.5 Å².